The molecule has 0 saturated heterocycles. The van der Waals surface area contributed by atoms with Crippen molar-refractivity contribution in [2.75, 3.05) is 0 Å². The third-order valence-electron chi connectivity index (χ3n) is 4.66. The lowest BCUT2D eigenvalue weighted by atomic mass is 10.0. The molecular formula is C22H22N6O2. The summed E-state index contributed by atoms with van der Waals surface area (Å²) in [6.45, 7) is 6.15. The van der Waals surface area contributed by atoms with Crippen LogP contribution in [0.25, 0.3) is 17.1 Å². The first-order valence-electron chi connectivity index (χ1n) is 9.72. The Morgan fingerprint density at radius 3 is 2.57 bits per heavy atom. The summed E-state index contributed by atoms with van der Waals surface area (Å²) in [5.74, 6) is 1.43. The first-order valence-corrected chi connectivity index (χ1v) is 9.72. The summed E-state index contributed by atoms with van der Waals surface area (Å²) in [5.41, 5.74) is 2.90. The van der Waals surface area contributed by atoms with Gasteiger partial charge in [0, 0.05) is 5.56 Å². The molecule has 2 heterocycles. The zero-order valence-corrected chi connectivity index (χ0v) is 17.0. The van der Waals surface area contributed by atoms with Crippen LogP contribution < -0.4 is 5.32 Å². The van der Waals surface area contributed by atoms with Crippen LogP contribution in [0.4, 0.5) is 0 Å². The lowest BCUT2D eigenvalue weighted by Gasteiger charge is -2.12. The Labute approximate surface area is 174 Å². The van der Waals surface area contributed by atoms with Crippen molar-refractivity contribution >= 4 is 5.91 Å². The maximum Gasteiger partial charge on any atom is 0.291 e. The minimum absolute atomic E-state index is 0.0915. The summed E-state index contributed by atoms with van der Waals surface area (Å²) in [6, 6.07) is 17.5. The SMILES string of the molecule is Cc1nc(C(=O)NCc2nc(-c3ccccc3)no2)nn1-c1ccccc1C(C)C. The number of aryl methyl sites for hydroxylation is 1. The molecular weight excluding hydrogens is 380 g/mol. The van der Waals surface area contributed by atoms with Crippen LogP contribution in [-0.4, -0.2) is 30.8 Å². The van der Waals surface area contributed by atoms with E-state index in [9.17, 15) is 4.79 Å². The van der Waals surface area contributed by atoms with Gasteiger partial charge in [-0.3, -0.25) is 4.79 Å². The Morgan fingerprint density at radius 2 is 1.80 bits per heavy atom. The molecule has 2 aromatic heterocycles. The molecule has 0 aliphatic heterocycles. The highest BCUT2D eigenvalue weighted by Gasteiger charge is 2.18. The molecule has 8 nitrogen and oxygen atoms in total. The van der Waals surface area contributed by atoms with E-state index in [1.54, 1.807) is 4.68 Å². The molecule has 8 heteroatoms. The molecule has 0 saturated carbocycles. The van der Waals surface area contributed by atoms with Gasteiger partial charge in [0.2, 0.25) is 17.5 Å². The van der Waals surface area contributed by atoms with Gasteiger partial charge in [0.25, 0.3) is 5.91 Å². The Bertz CT molecular complexity index is 1160. The predicted octanol–water partition coefficient (Wildman–Crippen LogP) is 3.68. The standard InChI is InChI=1S/C22H22N6O2/c1-14(2)17-11-7-8-12-18(17)28-15(3)24-21(26-28)22(29)23-13-19-25-20(27-30-19)16-9-5-4-6-10-16/h4-12,14H,13H2,1-3H3,(H,23,29). The largest absolute Gasteiger partial charge is 0.340 e. The first-order chi connectivity index (χ1) is 14.5. The summed E-state index contributed by atoms with van der Waals surface area (Å²) in [6.07, 6.45) is 0. The molecule has 2 aromatic carbocycles. The van der Waals surface area contributed by atoms with Gasteiger partial charge in [-0.1, -0.05) is 67.5 Å². The lowest BCUT2D eigenvalue weighted by molar-refractivity contribution is 0.0936. The lowest BCUT2D eigenvalue weighted by Crippen LogP contribution is -2.24. The number of hydrogen-bond acceptors (Lipinski definition) is 6. The molecule has 0 bridgehead atoms. The third kappa shape index (κ3) is 3.98. The summed E-state index contributed by atoms with van der Waals surface area (Å²) >= 11 is 0. The number of benzene rings is 2. The van der Waals surface area contributed by atoms with Crippen LogP contribution in [-0.2, 0) is 6.54 Å². The van der Waals surface area contributed by atoms with Crippen LogP contribution >= 0.6 is 0 Å². The van der Waals surface area contributed by atoms with Gasteiger partial charge in [-0.15, -0.1) is 5.10 Å². The van der Waals surface area contributed by atoms with E-state index in [-0.39, 0.29) is 12.4 Å². The van der Waals surface area contributed by atoms with E-state index in [0.29, 0.717) is 23.5 Å². The van der Waals surface area contributed by atoms with Crippen LogP contribution in [0.15, 0.2) is 59.1 Å². The molecule has 1 amide bonds. The zero-order chi connectivity index (χ0) is 21.1. The van der Waals surface area contributed by atoms with Crippen molar-refractivity contribution in [3.63, 3.8) is 0 Å². The van der Waals surface area contributed by atoms with Crippen molar-refractivity contribution in [3.8, 4) is 17.1 Å². The average Bonchev–Trinajstić information content (AvgIpc) is 3.39. The number of carbonyl (C=O) groups is 1. The molecule has 0 atom stereocenters. The Balaban J connectivity index is 1.48. The highest BCUT2D eigenvalue weighted by atomic mass is 16.5. The minimum atomic E-state index is -0.404. The van der Waals surface area contributed by atoms with E-state index in [1.807, 2.05) is 55.5 Å². The number of hydrogen-bond donors (Lipinski definition) is 1. The third-order valence-corrected chi connectivity index (χ3v) is 4.66. The molecule has 30 heavy (non-hydrogen) atoms. The molecule has 0 aliphatic carbocycles. The fraction of sp³-hybridized carbons (Fsp3) is 0.227. The van der Waals surface area contributed by atoms with Crippen LogP contribution in [0.1, 0.15) is 47.7 Å². The molecule has 152 valence electrons. The van der Waals surface area contributed by atoms with Crippen LogP contribution in [0, 0.1) is 6.92 Å². The second-order valence-electron chi connectivity index (χ2n) is 7.17. The van der Waals surface area contributed by atoms with E-state index < -0.39 is 5.91 Å². The second-order valence-corrected chi connectivity index (χ2v) is 7.17. The van der Waals surface area contributed by atoms with Gasteiger partial charge < -0.3 is 9.84 Å². The van der Waals surface area contributed by atoms with Gasteiger partial charge in [-0.05, 0) is 24.5 Å². The van der Waals surface area contributed by atoms with Gasteiger partial charge >= 0.3 is 0 Å². The predicted molar refractivity (Wildman–Crippen MR) is 111 cm³/mol. The normalized spacial score (nSPS) is 11.1. The van der Waals surface area contributed by atoms with E-state index in [2.05, 4.69) is 45.5 Å². The molecule has 4 aromatic rings. The number of amides is 1. The number of rotatable bonds is 6. The van der Waals surface area contributed by atoms with Crippen molar-refractivity contribution < 1.29 is 9.32 Å². The average molecular weight is 402 g/mol. The Kier molecular flexibility index (Phi) is 5.38. The van der Waals surface area contributed by atoms with Crippen LogP contribution in [0.3, 0.4) is 0 Å². The summed E-state index contributed by atoms with van der Waals surface area (Å²) < 4.78 is 6.92. The molecule has 0 radical (unpaired) electrons. The first kappa shape index (κ1) is 19.5. The monoisotopic (exact) mass is 402 g/mol. The van der Waals surface area contributed by atoms with E-state index in [1.165, 1.54) is 0 Å². The van der Waals surface area contributed by atoms with Crippen molar-refractivity contribution in [3.05, 3.63) is 77.7 Å². The maximum absolute atomic E-state index is 12.6. The van der Waals surface area contributed by atoms with Crippen molar-refractivity contribution in [1.29, 1.82) is 0 Å². The molecule has 1 N–H and O–H groups in total. The summed E-state index contributed by atoms with van der Waals surface area (Å²) in [4.78, 5) is 21.2. The van der Waals surface area contributed by atoms with Gasteiger partial charge in [-0.25, -0.2) is 9.67 Å². The van der Waals surface area contributed by atoms with Crippen molar-refractivity contribution in [2.24, 2.45) is 0 Å². The van der Waals surface area contributed by atoms with Gasteiger partial charge in [0.05, 0.1) is 12.2 Å². The number of aromatic nitrogens is 5. The molecule has 0 fully saturated rings. The van der Waals surface area contributed by atoms with Crippen LogP contribution in [0.5, 0.6) is 0 Å². The number of para-hydroxylation sites is 1. The van der Waals surface area contributed by atoms with E-state index in [0.717, 1.165) is 16.8 Å². The zero-order valence-electron chi connectivity index (χ0n) is 17.0. The summed E-state index contributed by atoms with van der Waals surface area (Å²) in [7, 11) is 0. The van der Waals surface area contributed by atoms with Crippen LogP contribution in [0.2, 0.25) is 0 Å². The molecule has 0 spiro atoms. The van der Waals surface area contributed by atoms with Crippen molar-refractivity contribution in [2.45, 2.75) is 33.2 Å². The van der Waals surface area contributed by atoms with Crippen molar-refractivity contribution in [1.82, 2.24) is 30.2 Å². The molecule has 0 aliphatic rings. The van der Waals surface area contributed by atoms with E-state index in [4.69, 9.17) is 4.52 Å². The summed E-state index contributed by atoms with van der Waals surface area (Å²) in [5, 5.41) is 11.1. The van der Waals surface area contributed by atoms with Gasteiger partial charge in [0.1, 0.15) is 5.82 Å². The Hall–Kier alpha value is -3.81. The number of nitrogens with one attached hydrogen (secondary N) is 1. The second kappa shape index (κ2) is 8.28. The number of carbonyl (C=O) groups excluding carboxylic acids is 1. The highest BCUT2D eigenvalue weighted by molar-refractivity contribution is 5.90. The van der Waals surface area contributed by atoms with Gasteiger partial charge in [-0.2, -0.15) is 4.98 Å². The fourth-order valence-corrected chi connectivity index (χ4v) is 3.15. The van der Waals surface area contributed by atoms with E-state index >= 15 is 0 Å². The maximum atomic E-state index is 12.6. The topological polar surface area (TPSA) is 98.7 Å². The molecule has 0 unspecified atom stereocenters. The van der Waals surface area contributed by atoms with Gasteiger partial charge in [0.15, 0.2) is 0 Å². The fourth-order valence-electron chi connectivity index (χ4n) is 3.15. The highest BCUT2D eigenvalue weighted by Crippen LogP contribution is 2.23. The smallest absolute Gasteiger partial charge is 0.291 e. The Morgan fingerprint density at radius 1 is 1.07 bits per heavy atom. The number of nitrogens with zero attached hydrogens (tertiary/aromatic N) is 5. The molecule has 4 rings (SSSR count). The minimum Gasteiger partial charge on any atom is -0.340 e. The quantitative estimate of drug-likeness (QED) is 0.528.